The number of amides is 1. The Kier molecular flexibility index (Phi) is 7.63. The summed E-state index contributed by atoms with van der Waals surface area (Å²) in [5, 5.41) is 0. The van der Waals surface area contributed by atoms with Gasteiger partial charge in [-0.3, -0.25) is 4.79 Å². The molecule has 0 radical (unpaired) electrons. The molecule has 2 atom stereocenters. The fraction of sp³-hybridized carbons (Fsp3) is 0.938. The highest BCUT2D eigenvalue weighted by Gasteiger charge is 2.39. The minimum atomic E-state index is -0.796. The molecule has 1 saturated carbocycles. The molecule has 1 aliphatic rings. The van der Waals surface area contributed by atoms with Gasteiger partial charge in [0, 0.05) is 6.04 Å². The highest BCUT2D eigenvalue weighted by atomic mass is 16.1. The molecule has 21 heavy (non-hydrogen) atoms. The molecule has 1 fully saturated rings. The van der Waals surface area contributed by atoms with E-state index in [2.05, 4.69) is 30.6 Å². The standard InChI is InChI=1S/C16H34N4O/c1-4-19(5-2)11-8-12-20(6-3)14-9-7-10-16(18,13-14)15(17)21/h14H,4-13,18H2,1-3H3,(H2,17,21). The van der Waals surface area contributed by atoms with Crippen LogP contribution in [-0.2, 0) is 4.79 Å². The lowest BCUT2D eigenvalue weighted by Crippen LogP contribution is -2.58. The number of nitrogens with zero attached hydrogens (tertiary/aromatic N) is 2. The van der Waals surface area contributed by atoms with E-state index in [0.29, 0.717) is 12.5 Å². The molecule has 1 rings (SSSR count). The van der Waals surface area contributed by atoms with Crippen molar-refractivity contribution in [1.29, 1.82) is 0 Å². The Bertz CT molecular complexity index is 319. The monoisotopic (exact) mass is 298 g/mol. The number of primary amides is 1. The van der Waals surface area contributed by atoms with Crippen LogP contribution in [-0.4, -0.2) is 60.0 Å². The molecule has 0 aromatic rings. The van der Waals surface area contributed by atoms with Crippen molar-refractivity contribution in [3.05, 3.63) is 0 Å². The lowest BCUT2D eigenvalue weighted by atomic mass is 9.78. The van der Waals surface area contributed by atoms with Crippen LogP contribution < -0.4 is 11.5 Å². The smallest absolute Gasteiger partial charge is 0.237 e. The molecular formula is C16H34N4O. The zero-order valence-electron chi connectivity index (χ0n) is 14.1. The zero-order valence-corrected chi connectivity index (χ0v) is 14.1. The molecule has 0 saturated heterocycles. The predicted molar refractivity (Wildman–Crippen MR) is 88.0 cm³/mol. The summed E-state index contributed by atoms with van der Waals surface area (Å²) in [4.78, 5) is 16.5. The quantitative estimate of drug-likeness (QED) is 0.670. The van der Waals surface area contributed by atoms with Crippen molar-refractivity contribution in [2.45, 2.75) is 64.5 Å². The van der Waals surface area contributed by atoms with E-state index in [0.717, 1.165) is 52.0 Å². The maximum atomic E-state index is 11.6. The number of carbonyl (C=O) groups is 1. The first kappa shape index (κ1) is 18.4. The maximum absolute atomic E-state index is 11.6. The second kappa shape index (κ2) is 8.71. The van der Waals surface area contributed by atoms with Crippen molar-refractivity contribution >= 4 is 5.91 Å². The van der Waals surface area contributed by atoms with Gasteiger partial charge in [0.2, 0.25) is 5.91 Å². The van der Waals surface area contributed by atoms with Gasteiger partial charge < -0.3 is 21.3 Å². The minimum Gasteiger partial charge on any atom is -0.368 e. The lowest BCUT2D eigenvalue weighted by Gasteiger charge is -2.41. The number of rotatable bonds is 9. The Hall–Kier alpha value is -0.650. The SMILES string of the molecule is CCN(CC)CCCN(CC)C1CCCC(N)(C(N)=O)C1. The molecule has 1 aliphatic carbocycles. The van der Waals surface area contributed by atoms with Crippen LogP contribution in [0.5, 0.6) is 0 Å². The first-order chi connectivity index (χ1) is 9.96. The molecule has 2 unspecified atom stereocenters. The molecule has 0 bridgehead atoms. The number of nitrogens with two attached hydrogens (primary N) is 2. The van der Waals surface area contributed by atoms with Crippen LogP contribution in [0.3, 0.4) is 0 Å². The van der Waals surface area contributed by atoms with Gasteiger partial charge in [-0.1, -0.05) is 20.8 Å². The Labute approximate surface area is 130 Å². The van der Waals surface area contributed by atoms with Crippen molar-refractivity contribution in [1.82, 2.24) is 9.80 Å². The van der Waals surface area contributed by atoms with Gasteiger partial charge >= 0.3 is 0 Å². The van der Waals surface area contributed by atoms with Gasteiger partial charge in [-0.05, 0) is 64.8 Å². The van der Waals surface area contributed by atoms with E-state index < -0.39 is 5.54 Å². The third kappa shape index (κ3) is 5.24. The van der Waals surface area contributed by atoms with Crippen LogP contribution in [0.2, 0.25) is 0 Å². The molecule has 124 valence electrons. The van der Waals surface area contributed by atoms with E-state index in [1.807, 2.05) is 0 Å². The summed E-state index contributed by atoms with van der Waals surface area (Å²) >= 11 is 0. The molecule has 4 N–H and O–H groups in total. The average molecular weight is 298 g/mol. The van der Waals surface area contributed by atoms with Crippen molar-refractivity contribution in [2.75, 3.05) is 32.7 Å². The fourth-order valence-electron chi connectivity index (χ4n) is 3.45. The molecule has 0 heterocycles. The van der Waals surface area contributed by atoms with Crippen molar-refractivity contribution < 1.29 is 4.79 Å². The summed E-state index contributed by atoms with van der Waals surface area (Å²) in [7, 11) is 0. The Morgan fingerprint density at radius 3 is 2.38 bits per heavy atom. The third-order valence-electron chi connectivity index (χ3n) is 4.99. The molecule has 5 nitrogen and oxygen atoms in total. The van der Waals surface area contributed by atoms with Gasteiger partial charge in [0.05, 0.1) is 5.54 Å². The molecule has 1 amide bonds. The largest absolute Gasteiger partial charge is 0.368 e. The average Bonchev–Trinajstić information content (AvgIpc) is 2.47. The minimum absolute atomic E-state index is 0.341. The van der Waals surface area contributed by atoms with Gasteiger partial charge in [-0.2, -0.15) is 0 Å². The van der Waals surface area contributed by atoms with Crippen molar-refractivity contribution in [3.63, 3.8) is 0 Å². The molecule has 0 aromatic carbocycles. The molecule has 0 spiro atoms. The number of carbonyl (C=O) groups excluding carboxylic acids is 1. The van der Waals surface area contributed by atoms with Gasteiger partial charge in [-0.25, -0.2) is 0 Å². The summed E-state index contributed by atoms with van der Waals surface area (Å²) in [5.74, 6) is -0.341. The van der Waals surface area contributed by atoms with E-state index in [4.69, 9.17) is 11.5 Å². The molecule has 0 aliphatic heterocycles. The Morgan fingerprint density at radius 1 is 1.19 bits per heavy atom. The van der Waals surface area contributed by atoms with E-state index in [1.165, 1.54) is 6.42 Å². The second-order valence-corrected chi connectivity index (χ2v) is 6.28. The first-order valence-electron chi connectivity index (χ1n) is 8.52. The van der Waals surface area contributed by atoms with Crippen LogP contribution in [0.4, 0.5) is 0 Å². The molecular weight excluding hydrogens is 264 g/mol. The van der Waals surface area contributed by atoms with Crippen LogP contribution >= 0.6 is 0 Å². The molecule has 5 heteroatoms. The van der Waals surface area contributed by atoms with Gasteiger partial charge in [0.15, 0.2) is 0 Å². The van der Waals surface area contributed by atoms with Crippen molar-refractivity contribution in [3.8, 4) is 0 Å². The van der Waals surface area contributed by atoms with Crippen LogP contribution in [0.15, 0.2) is 0 Å². The Balaban J connectivity index is 2.49. The van der Waals surface area contributed by atoms with Crippen LogP contribution in [0.25, 0.3) is 0 Å². The summed E-state index contributed by atoms with van der Waals surface area (Å²) in [5.41, 5.74) is 10.9. The number of hydrogen-bond donors (Lipinski definition) is 2. The van der Waals surface area contributed by atoms with Gasteiger partial charge in [0.1, 0.15) is 0 Å². The molecule has 0 aromatic heterocycles. The summed E-state index contributed by atoms with van der Waals surface area (Å²) < 4.78 is 0. The normalized spacial score (nSPS) is 26.5. The van der Waals surface area contributed by atoms with E-state index in [9.17, 15) is 4.79 Å². The number of hydrogen-bond acceptors (Lipinski definition) is 4. The van der Waals surface area contributed by atoms with Gasteiger partial charge in [0.25, 0.3) is 0 Å². The summed E-state index contributed by atoms with van der Waals surface area (Å²) in [6, 6.07) is 0.401. The highest BCUT2D eigenvalue weighted by molar-refractivity contribution is 5.84. The van der Waals surface area contributed by atoms with Crippen LogP contribution in [0.1, 0.15) is 52.9 Å². The van der Waals surface area contributed by atoms with Crippen LogP contribution in [0, 0.1) is 0 Å². The second-order valence-electron chi connectivity index (χ2n) is 6.28. The highest BCUT2D eigenvalue weighted by Crippen LogP contribution is 2.29. The fourth-order valence-corrected chi connectivity index (χ4v) is 3.45. The van der Waals surface area contributed by atoms with Crippen molar-refractivity contribution in [2.24, 2.45) is 11.5 Å². The Morgan fingerprint density at radius 2 is 1.86 bits per heavy atom. The summed E-state index contributed by atoms with van der Waals surface area (Å²) in [6.45, 7) is 12.0. The zero-order chi connectivity index (χ0) is 15.9. The van der Waals surface area contributed by atoms with E-state index in [1.54, 1.807) is 0 Å². The lowest BCUT2D eigenvalue weighted by molar-refractivity contribution is -0.125. The van der Waals surface area contributed by atoms with E-state index >= 15 is 0 Å². The maximum Gasteiger partial charge on any atom is 0.237 e. The van der Waals surface area contributed by atoms with E-state index in [-0.39, 0.29) is 5.91 Å². The third-order valence-corrected chi connectivity index (χ3v) is 4.99. The topological polar surface area (TPSA) is 75.6 Å². The first-order valence-corrected chi connectivity index (χ1v) is 8.52. The van der Waals surface area contributed by atoms with Gasteiger partial charge in [-0.15, -0.1) is 0 Å². The summed E-state index contributed by atoms with van der Waals surface area (Å²) in [6.07, 6.45) is 4.74. The predicted octanol–water partition coefficient (Wildman–Crippen LogP) is 1.17.